The van der Waals surface area contributed by atoms with Gasteiger partial charge < -0.3 is 10.6 Å². The van der Waals surface area contributed by atoms with Gasteiger partial charge in [-0.1, -0.05) is 24.3 Å². The predicted molar refractivity (Wildman–Crippen MR) is 97.3 cm³/mol. The van der Waals surface area contributed by atoms with Crippen molar-refractivity contribution in [3.8, 4) is 0 Å². The zero-order valence-electron chi connectivity index (χ0n) is 13.4. The Balaban J connectivity index is 1.47. The summed E-state index contributed by atoms with van der Waals surface area (Å²) in [7, 11) is 0. The Hall–Kier alpha value is -2.80. The van der Waals surface area contributed by atoms with E-state index in [1.54, 1.807) is 24.3 Å². The third-order valence-corrected chi connectivity index (χ3v) is 4.38. The summed E-state index contributed by atoms with van der Waals surface area (Å²) >= 11 is 1.54. The Kier molecular flexibility index (Phi) is 5.69. The van der Waals surface area contributed by atoms with E-state index in [2.05, 4.69) is 20.8 Å². The van der Waals surface area contributed by atoms with Gasteiger partial charge in [-0.3, -0.25) is 4.79 Å². The molecule has 5 nitrogen and oxygen atoms in total. The number of amides is 1. The van der Waals surface area contributed by atoms with E-state index in [-0.39, 0.29) is 11.7 Å². The average Bonchev–Trinajstić information content (AvgIpc) is 3.11. The molecule has 2 heterocycles. The molecular formula is C18H17FN4OS. The molecule has 3 rings (SSSR count). The zero-order chi connectivity index (χ0) is 17.5. The number of hydrogen-bond acceptors (Lipinski definition) is 5. The first-order chi connectivity index (χ1) is 12.2. The Bertz CT molecular complexity index is 821. The lowest BCUT2D eigenvalue weighted by molar-refractivity contribution is -0.115. The van der Waals surface area contributed by atoms with Crippen molar-refractivity contribution in [3.05, 3.63) is 70.2 Å². The minimum atomic E-state index is -0.209. The molecule has 0 unspecified atom stereocenters. The molecule has 0 saturated heterocycles. The number of aromatic nitrogens is 2. The fourth-order valence-electron chi connectivity index (χ4n) is 2.28. The monoisotopic (exact) mass is 356 g/mol. The van der Waals surface area contributed by atoms with Gasteiger partial charge in [-0.15, -0.1) is 21.5 Å². The van der Waals surface area contributed by atoms with E-state index >= 15 is 0 Å². The second kappa shape index (κ2) is 8.34. The molecule has 0 radical (unpaired) electrons. The maximum atomic E-state index is 13.5. The quantitative estimate of drug-likeness (QED) is 0.680. The lowest BCUT2D eigenvalue weighted by Crippen LogP contribution is -2.15. The van der Waals surface area contributed by atoms with E-state index in [1.807, 2.05) is 23.6 Å². The smallest absolute Gasteiger partial charge is 0.230 e. The van der Waals surface area contributed by atoms with Crippen molar-refractivity contribution < 1.29 is 9.18 Å². The van der Waals surface area contributed by atoms with E-state index in [4.69, 9.17) is 0 Å². The minimum absolute atomic E-state index is 0.128. The van der Waals surface area contributed by atoms with E-state index in [0.717, 1.165) is 4.88 Å². The lowest BCUT2D eigenvalue weighted by atomic mass is 10.1. The van der Waals surface area contributed by atoms with Crippen LogP contribution in [0.4, 0.5) is 16.0 Å². The molecule has 0 aliphatic heterocycles. The number of nitrogens with zero attached hydrogens (tertiary/aromatic N) is 2. The lowest BCUT2D eigenvalue weighted by Gasteiger charge is -2.07. The van der Waals surface area contributed by atoms with Crippen molar-refractivity contribution >= 4 is 28.9 Å². The molecule has 2 N–H and O–H groups in total. The van der Waals surface area contributed by atoms with Gasteiger partial charge >= 0.3 is 0 Å². The first-order valence-corrected chi connectivity index (χ1v) is 8.72. The van der Waals surface area contributed by atoms with Crippen molar-refractivity contribution in [1.82, 2.24) is 10.2 Å². The summed E-state index contributed by atoms with van der Waals surface area (Å²) < 4.78 is 13.5. The van der Waals surface area contributed by atoms with Gasteiger partial charge in [0.05, 0.1) is 6.42 Å². The molecule has 0 bridgehead atoms. The number of halogens is 1. The highest BCUT2D eigenvalue weighted by atomic mass is 32.1. The number of rotatable bonds is 7. The van der Waals surface area contributed by atoms with Crippen molar-refractivity contribution in [2.24, 2.45) is 0 Å². The second-order valence-corrected chi connectivity index (χ2v) is 6.41. The number of hydrogen-bond donors (Lipinski definition) is 2. The van der Waals surface area contributed by atoms with Crippen LogP contribution in [0.2, 0.25) is 0 Å². The summed E-state index contributed by atoms with van der Waals surface area (Å²) in [4.78, 5) is 12.9. The number of carbonyl (C=O) groups is 1. The summed E-state index contributed by atoms with van der Waals surface area (Å²) in [6.07, 6.45) is 0.871. The molecule has 1 amide bonds. The van der Waals surface area contributed by atoms with Crippen LogP contribution >= 0.6 is 11.3 Å². The van der Waals surface area contributed by atoms with Crippen LogP contribution in [-0.4, -0.2) is 22.6 Å². The molecule has 0 aliphatic carbocycles. The van der Waals surface area contributed by atoms with Crippen LogP contribution in [0.5, 0.6) is 0 Å². The Labute approximate surface area is 148 Å². The van der Waals surface area contributed by atoms with Gasteiger partial charge in [0.1, 0.15) is 11.6 Å². The molecule has 0 atom stereocenters. The van der Waals surface area contributed by atoms with Crippen LogP contribution < -0.4 is 10.6 Å². The molecular weight excluding hydrogens is 339 g/mol. The number of anilines is 2. The number of carbonyl (C=O) groups excluding carboxylic acids is 1. The predicted octanol–water partition coefficient (Wildman–Crippen LogP) is 3.51. The fraction of sp³-hybridized carbons (Fsp3) is 0.167. The normalized spacial score (nSPS) is 10.4. The summed E-state index contributed by atoms with van der Waals surface area (Å²) in [6, 6.07) is 13.9. The highest BCUT2D eigenvalue weighted by Crippen LogP contribution is 2.12. The second-order valence-electron chi connectivity index (χ2n) is 5.38. The van der Waals surface area contributed by atoms with Crippen molar-refractivity contribution in [1.29, 1.82) is 0 Å². The van der Waals surface area contributed by atoms with Gasteiger partial charge in [0, 0.05) is 11.4 Å². The first-order valence-electron chi connectivity index (χ1n) is 7.84. The van der Waals surface area contributed by atoms with Gasteiger partial charge in [-0.05, 0) is 41.6 Å². The Morgan fingerprint density at radius 1 is 1.04 bits per heavy atom. The van der Waals surface area contributed by atoms with Crippen LogP contribution in [0.3, 0.4) is 0 Å². The maximum Gasteiger partial charge on any atom is 0.230 e. The first kappa shape index (κ1) is 17.0. The molecule has 25 heavy (non-hydrogen) atoms. The van der Waals surface area contributed by atoms with Crippen LogP contribution in [0.15, 0.2) is 53.9 Å². The highest BCUT2D eigenvalue weighted by Gasteiger charge is 2.06. The van der Waals surface area contributed by atoms with Crippen molar-refractivity contribution in [2.45, 2.75) is 12.8 Å². The van der Waals surface area contributed by atoms with Crippen LogP contribution in [0, 0.1) is 5.82 Å². The SMILES string of the molecule is O=C(Cc1cccs1)Nc1ccc(NCCc2ccccc2F)nn1. The number of nitrogens with one attached hydrogen (secondary N) is 2. The molecule has 0 aliphatic rings. The van der Waals surface area contributed by atoms with Gasteiger partial charge in [0.15, 0.2) is 5.82 Å². The maximum absolute atomic E-state index is 13.5. The highest BCUT2D eigenvalue weighted by molar-refractivity contribution is 7.10. The van der Waals surface area contributed by atoms with E-state index in [1.165, 1.54) is 17.4 Å². The zero-order valence-corrected chi connectivity index (χ0v) is 14.2. The fourth-order valence-corrected chi connectivity index (χ4v) is 2.98. The Morgan fingerprint density at radius 3 is 2.56 bits per heavy atom. The third-order valence-electron chi connectivity index (χ3n) is 3.51. The molecule has 0 spiro atoms. The summed E-state index contributed by atoms with van der Waals surface area (Å²) in [5.74, 6) is 0.644. The molecule has 1 aromatic carbocycles. The molecule has 128 valence electrons. The van der Waals surface area contributed by atoms with E-state index < -0.39 is 0 Å². The van der Waals surface area contributed by atoms with Gasteiger partial charge in [-0.2, -0.15) is 0 Å². The number of thiophene rings is 1. The molecule has 7 heteroatoms. The standard InChI is InChI=1S/C18H17FN4OS/c19-15-6-2-1-4-13(15)9-10-20-16-7-8-17(23-22-16)21-18(24)12-14-5-3-11-25-14/h1-8,11H,9-10,12H2,(H,20,22)(H,21,23,24). The molecule has 3 aromatic rings. The van der Waals surface area contributed by atoms with E-state index in [0.29, 0.717) is 36.6 Å². The summed E-state index contributed by atoms with van der Waals surface area (Å²) in [6.45, 7) is 0.541. The van der Waals surface area contributed by atoms with Gasteiger partial charge in [-0.25, -0.2) is 4.39 Å². The topological polar surface area (TPSA) is 66.9 Å². The van der Waals surface area contributed by atoms with Gasteiger partial charge in [0.2, 0.25) is 5.91 Å². The van der Waals surface area contributed by atoms with Crippen molar-refractivity contribution in [3.63, 3.8) is 0 Å². The molecule has 0 fully saturated rings. The minimum Gasteiger partial charge on any atom is -0.368 e. The van der Waals surface area contributed by atoms with Crippen LogP contribution in [0.1, 0.15) is 10.4 Å². The molecule has 0 saturated carbocycles. The third kappa shape index (κ3) is 5.09. The Morgan fingerprint density at radius 2 is 1.84 bits per heavy atom. The summed E-state index contributed by atoms with van der Waals surface area (Å²) in [5, 5.41) is 15.7. The largest absolute Gasteiger partial charge is 0.368 e. The average molecular weight is 356 g/mol. The summed E-state index contributed by atoms with van der Waals surface area (Å²) in [5.41, 5.74) is 0.653. The number of benzene rings is 1. The van der Waals surface area contributed by atoms with Crippen molar-refractivity contribution in [2.75, 3.05) is 17.2 Å². The van der Waals surface area contributed by atoms with E-state index in [9.17, 15) is 9.18 Å². The molecule has 2 aromatic heterocycles. The van der Waals surface area contributed by atoms with Crippen LogP contribution in [0.25, 0.3) is 0 Å². The van der Waals surface area contributed by atoms with Crippen LogP contribution in [-0.2, 0) is 17.6 Å². The van der Waals surface area contributed by atoms with Gasteiger partial charge in [0.25, 0.3) is 0 Å².